The summed E-state index contributed by atoms with van der Waals surface area (Å²) < 4.78 is 30.5. The predicted molar refractivity (Wildman–Crippen MR) is 165 cm³/mol. The van der Waals surface area contributed by atoms with Crippen LogP contribution in [0.15, 0.2) is 100 Å². The van der Waals surface area contributed by atoms with Gasteiger partial charge in [-0.05, 0) is 29.7 Å². The van der Waals surface area contributed by atoms with Crippen LogP contribution < -0.4 is 45.7 Å². The second kappa shape index (κ2) is 19.8. The molecule has 0 spiro atoms. The van der Waals surface area contributed by atoms with E-state index in [-0.39, 0.29) is 77.0 Å². The number of aromatic hydroxyl groups is 1. The number of nitro benzene ring substituents is 1. The van der Waals surface area contributed by atoms with Crippen LogP contribution in [0.25, 0.3) is 21.7 Å². The van der Waals surface area contributed by atoms with E-state index in [1.54, 1.807) is 18.2 Å². The van der Waals surface area contributed by atoms with Gasteiger partial charge in [-0.2, -0.15) is 13.5 Å². The van der Waals surface area contributed by atoms with Crippen LogP contribution in [0, 0.1) is 10.1 Å². The number of phenols is 1. The van der Waals surface area contributed by atoms with Crippen molar-refractivity contribution in [3.63, 3.8) is 0 Å². The molecule has 0 saturated carbocycles. The van der Waals surface area contributed by atoms with Crippen molar-refractivity contribution in [3.8, 4) is 11.5 Å². The van der Waals surface area contributed by atoms with E-state index in [1.165, 1.54) is 24.4 Å². The molecule has 0 aliphatic heterocycles. The molecular formula is C29H29CrN6NaO9S. The minimum Gasteiger partial charge on any atom is -0.871 e. The average Bonchev–Trinajstić information content (AvgIpc) is 3.01. The standard InChI is InChI=1S/C16H12N4O3.C9H7NO4S.C4H11NO2.Cr.Na/c17-13-7-5-10-3-1-2-4-12(10)16(13)19-18-14-8-6-11(20(22)23)9-15(14)21;11-9-7(15(12,13)14)4-3-6-2-1-5-10-8(6)9;6-3-1-5-2-4-7;;/h1-9,21H,17H2;1-5,11H,(H,12,13,14);5-7H,1-4H2;;/q;;;;+1/p-1. The van der Waals surface area contributed by atoms with E-state index in [0.29, 0.717) is 29.9 Å². The van der Waals surface area contributed by atoms with Crippen LogP contribution in [0.1, 0.15) is 0 Å². The van der Waals surface area contributed by atoms with Gasteiger partial charge in [0.05, 0.1) is 29.5 Å². The van der Waals surface area contributed by atoms with Gasteiger partial charge in [0.2, 0.25) is 0 Å². The number of aliphatic hydroxyl groups is 2. The summed E-state index contributed by atoms with van der Waals surface area (Å²) >= 11 is 0. The molecule has 0 atom stereocenters. The van der Waals surface area contributed by atoms with Crippen LogP contribution in [0.4, 0.5) is 22.7 Å². The molecule has 5 rings (SSSR count). The molecule has 0 aliphatic rings. The van der Waals surface area contributed by atoms with Crippen molar-refractivity contribution >= 4 is 54.5 Å². The molecule has 18 heteroatoms. The van der Waals surface area contributed by atoms with E-state index in [2.05, 4.69) is 20.5 Å². The molecule has 0 aliphatic carbocycles. The zero-order valence-electron chi connectivity index (χ0n) is 24.9. The largest absolute Gasteiger partial charge is 1.00 e. The molecule has 0 saturated heterocycles. The van der Waals surface area contributed by atoms with E-state index in [9.17, 15) is 28.7 Å². The quantitative estimate of drug-likeness (QED) is 0.0246. The van der Waals surface area contributed by atoms with Crippen LogP contribution in [-0.2, 0) is 27.5 Å². The van der Waals surface area contributed by atoms with Gasteiger partial charge in [-0.25, -0.2) is 0 Å². The molecule has 0 bridgehead atoms. The molecule has 7 N–H and O–H groups in total. The van der Waals surface area contributed by atoms with Crippen molar-refractivity contribution in [2.45, 2.75) is 4.90 Å². The number of azo groups is 1. The maximum Gasteiger partial charge on any atom is 1.00 e. The van der Waals surface area contributed by atoms with E-state index >= 15 is 0 Å². The number of nitrogen functional groups attached to an aromatic ring is 1. The van der Waals surface area contributed by atoms with E-state index in [1.807, 2.05) is 30.3 Å². The van der Waals surface area contributed by atoms with E-state index in [4.69, 9.17) is 20.5 Å². The Labute approximate surface area is 302 Å². The van der Waals surface area contributed by atoms with Gasteiger partial charge >= 0.3 is 29.6 Å². The zero-order chi connectivity index (χ0) is 33.0. The first kappa shape index (κ1) is 41.3. The summed E-state index contributed by atoms with van der Waals surface area (Å²) in [6.07, 6.45) is 1.43. The van der Waals surface area contributed by atoms with E-state index in [0.717, 1.165) is 22.9 Å². The van der Waals surface area contributed by atoms with Crippen LogP contribution in [-0.4, -0.2) is 64.5 Å². The smallest absolute Gasteiger partial charge is 0.871 e. The third kappa shape index (κ3) is 11.8. The van der Waals surface area contributed by atoms with Crippen LogP contribution >= 0.6 is 0 Å². The summed E-state index contributed by atoms with van der Waals surface area (Å²) in [6.45, 7) is 1.42. The van der Waals surface area contributed by atoms with Gasteiger partial charge in [-0.1, -0.05) is 48.2 Å². The minimum atomic E-state index is -4.41. The summed E-state index contributed by atoms with van der Waals surface area (Å²) in [5.74, 6) is -1.10. The van der Waals surface area contributed by atoms with Crippen molar-refractivity contribution in [1.29, 1.82) is 0 Å². The number of nitrogens with zero attached hydrogens (tertiary/aromatic N) is 4. The monoisotopic (exact) mass is 712 g/mol. The van der Waals surface area contributed by atoms with Gasteiger partial charge in [0, 0.05) is 59.6 Å². The van der Waals surface area contributed by atoms with Crippen molar-refractivity contribution in [1.82, 2.24) is 10.3 Å². The van der Waals surface area contributed by atoms with Crippen molar-refractivity contribution < 1.29 is 85.2 Å². The molecule has 15 nitrogen and oxygen atoms in total. The van der Waals surface area contributed by atoms with Crippen LogP contribution in [0.2, 0.25) is 0 Å². The molecule has 1 aromatic heterocycles. The van der Waals surface area contributed by atoms with E-state index < -0.39 is 31.4 Å². The van der Waals surface area contributed by atoms with Gasteiger partial charge < -0.3 is 31.5 Å². The van der Waals surface area contributed by atoms with Crippen molar-refractivity contribution in [3.05, 3.63) is 95.2 Å². The topological polar surface area (TPSA) is 257 Å². The third-order valence-corrected chi connectivity index (χ3v) is 6.79. The Morgan fingerprint density at radius 3 is 2.17 bits per heavy atom. The summed E-state index contributed by atoms with van der Waals surface area (Å²) in [4.78, 5) is 13.3. The fourth-order valence-electron chi connectivity index (χ4n) is 3.79. The number of anilines is 1. The molecule has 0 radical (unpaired) electrons. The first-order valence-electron chi connectivity index (χ1n) is 13.1. The maximum absolute atomic E-state index is 11.8. The SMILES string of the molecule is Nc1ccc2ccccc2c1N=Nc1ccc([N+](=O)[O-])cc1[O-].O=S(=O)(O)c1ccc2cccnc2c1O.OCCNCCO.[Cr].[Na+]. The number of aliphatic hydroxyl groups excluding tert-OH is 2. The van der Waals surface area contributed by atoms with Gasteiger partial charge in [0.15, 0.2) is 5.75 Å². The van der Waals surface area contributed by atoms with Gasteiger partial charge in [-0.3, -0.25) is 19.7 Å². The fourth-order valence-corrected chi connectivity index (χ4v) is 4.37. The van der Waals surface area contributed by atoms with Crippen molar-refractivity contribution in [2.75, 3.05) is 32.0 Å². The number of pyridine rings is 1. The summed E-state index contributed by atoms with van der Waals surface area (Å²) in [5, 5.41) is 61.4. The second-order valence-electron chi connectivity index (χ2n) is 8.99. The first-order chi connectivity index (χ1) is 21.5. The molecule has 5 aromatic rings. The number of aromatic nitrogens is 1. The Hall–Kier alpha value is -3.73. The first-order valence-corrected chi connectivity index (χ1v) is 14.5. The maximum atomic E-state index is 11.8. The number of hydrogen-bond acceptors (Lipinski definition) is 13. The number of hydrogen-bond donors (Lipinski definition) is 6. The van der Waals surface area contributed by atoms with Crippen molar-refractivity contribution in [2.24, 2.45) is 10.2 Å². The summed E-state index contributed by atoms with van der Waals surface area (Å²) in [6, 6.07) is 20.4. The predicted octanol–water partition coefficient (Wildman–Crippen LogP) is 0.568. The Morgan fingerprint density at radius 1 is 0.915 bits per heavy atom. The summed E-state index contributed by atoms with van der Waals surface area (Å²) in [7, 11) is -4.41. The molecule has 242 valence electrons. The number of nitrogens with one attached hydrogen (secondary N) is 1. The van der Waals surface area contributed by atoms with Gasteiger partial charge in [0.1, 0.15) is 16.1 Å². The Balaban J connectivity index is 0.000000398. The Morgan fingerprint density at radius 2 is 1.55 bits per heavy atom. The zero-order valence-corrected chi connectivity index (χ0v) is 29.0. The molecule has 0 fully saturated rings. The Bertz CT molecular complexity index is 1930. The fraction of sp³-hybridized carbons (Fsp3) is 0.138. The normalized spacial score (nSPS) is 10.6. The molecule has 4 aromatic carbocycles. The molecule has 1 heterocycles. The number of rotatable bonds is 8. The van der Waals surface area contributed by atoms with Gasteiger partial charge in [0.25, 0.3) is 15.8 Å². The number of nitrogens with two attached hydrogens (primary N) is 1. The number of phenolic OH excluding ortho intramolecular Hbond substituents is 1. The average molecular weight is 713 g/mol. The minimum absolute atomic E-state index is 0. The second-order valence-corrected chi connectivity index (χ2v) is 10.4. The molecule has 0 unspecified atom stereocenters. The van der Waals surface area contributed by atoms with Crippen LogP contribution in [0.3, 0.4) is 0 Å². The molecule has 0 amide bonds. The van der Waals surface area contributed by atoms with Crippen LogP contribution in [0.5, 0.6) is 11.5 Å². The number of benzene rings is 4. The number of fused-ring (bicyclic) bond motifs is 2. The Kier molecular flexibility index (Phi) is 17.4. The summed E-state index contributed by atoms with van der Waals surface area (Å²) in [5.41, 5.74) is 6.71. The number of nitro groups is 1. The molecular weight excluding hydrogens is 683 g/mol. The number of non-ortho nitro benzene ring substituents is 1. The third-order valence-electron chi connectivity index (χ3n) is 5.91. The molecule has 47 heavy (non-hydrogen) atoms. The van der Waals surface area contributed by atoms with Gasteiger partial charge in [-0.15, -0.1) is 5.11 Å².